The van der Waals surface area contributed by atoms with Crippen LogP contribution in [0.1, 0.15) is 38.7 Å². The van der Waals surface area contributed by atoms with Crippen LogP contribution in [-0.2, 0) is 16.0 Å². The van der Waals surface area contributed by atoms with E-state index in [-0.39, 0.29) is 12.4 Å². The molecule has 0 aliphatic heterocycles. The van der Waals surface area contributed by atoms with E-state index in [4.69, 9.17) is 16.7 Å². The largest absolute Gasteiger partial charge is 0.396 e. The van der Waals surface area contributed by atoms with E-state index >= 15 is 0 Å². The number of halogens is 1. The van der Waals surface area contributed by atoms with Crippen LogP contribution in [0.2, 0.25) is 5.02 Å². The lowest BCUT2D eigenvalue weighted by Crippen LogP contribution is -2.45. The van der Waals surface area contributed by atoms with Crippen molar-refractivity contribution in [3.8, 4) is 0 Å². The van der Waals surface area contributed by atoms with Gasteiger partial charge >= 0.3 is 0 Å². The number of aliphatic hydroxyl groups excluding tert-OH is 2. The van der Waals surface area contributed by atoms with Gasteiger partial charge in [0.05, 0.1) is 6.61 Å². The van der Waals surface area contributed by atoms with Crippen molar-refractivity contribution in [2.75, 3.05) is 13.2 Å². The smallest absolute Gasteiger partial charge is 0.249 e. The summed E-state index contributed by atoms with van der Waals surface area (Å²) in [7, 11) is 0. The fourth-order valence-corrected chi connectivity index (χ4v) is 2.37. The average Bonchev–Trinajstić information content (AvgIpc) is 2.57. The van der Waals surface area contributed by atoms with Gasteiger partial charge in [0.1, 0.15) is 11.9 Å². The molecule has 1 atom stereocenters. The number of nitrogens with one attached hydrogen (secondary N) is 1. The molecule has 6 heteroatoms. The Morgan fingerprint density at radius 3 is 2.54 bits per heavy atom. The second-order valence-corrected chi connectivity index (χ2v) is 6.98. The molecule has 5 nitrogen and oxygen atoms in total. The number of benzene rings is 1. The van der Waals surface area contributed by atoms with Crippen LogP contribution in [-0.4, -0.2) is 41.2 Å². The number of aliphatic hydroxyl groups is 2. The minimum atomic E-state index is -1.28. The number of hydrogen-bond acceptors (Lipinski definition) is 4. The summed E-state index contributed by atoms with van der Waals surface area (Å²) < 4.78 is 0. The standard InChI is InChI=1S/C18H26ClNO4/c1-18(2,12-21)16(23)17(24)20-11-5-7-14(22)10-9-13-6-3-4-8-15(13)19/h3-4,6,8,16,21,23H,5,7,9-12H2,1-2H3,(H,20,24)/t16-/m0/s1. The highest BCUT2D eigenvalue weighted by atomic mass is 35.5. The summed E-state index contributed by atoms with van der Waals surface area (Å²) in [6.07, 6.45) is 0.619. The zero-order valence-corrected chi connectivity index (χ0v) is 15.0. The molecule has 0 heterocycles. The van der Waals surface area contributed by atoms with Crippen molar-refractivity contribution >= 4 is 23.3 Å². The predicted molar refractivity (Wildman–Crippen MR) is 93.9 cm³/mol. The van der Waals surface area contributed by atoms with Crippen LogP contribution in [0.25, 0.3) is 0 Å². The number of hydrogen-bond donors (Lipinski definition) is 3. The van der Waals surface area contributed by atoms with Crippen LogP contribution in [0.15, 0.2) is 24.3 Å². The number of aryl methyl sites for hydroxylation is 1. The van der Waals surface area contributed by atoms with Crippen molar-refractivity contribution in [3.05, 3.63) is 34.9 Å². The van der Waals surface area contributed by atoms with Gasteiger partial charge in [-0.2, -0.15) is 0 Å². The van der Waals surface area contributed by atoms with Crippen LogP contribution in [0, 0.1) is 5.41 Å². The summed E-state index contributed by atoms with van der Waals surface area (Å²) in [5.41, 5.74) is 0.0599. The molecule has 0 radical (unpaired) electrons. The molecule has 3 N–H and O–H groups in total. The first-order chi connectivity index (χ1) is 11.3. The van der Waals surface area contributed by atoms with E-state index in [0.717, 1.165) is 5.56 Å². The zero-order chi connectivity index (χ0) is 18.2. The van der Waals surface area contributed by atoms with Gasteiger partial charge in [-0.1, -0.05) is 43.6 Å². The lowest BCUT2D eigenvalue weighted by Gasteiger charge is -2.27. The first-order valence-corrected chi connectivity index (χ1v) is 8.47. The maximum Gasteiger partial charge on any atom is 0.249 e. The number of amides is 1. The van der Waals surface area contributed by atoms with Gasteiger partial charge in [0.15, 0.2) is 0 Å². The lowest BCUT2D eigenvalue weighted by atomic mass is 9.87. The monoisotopic (exact) mass is 355 g/mol. The van der Waals surface area contributed by atoms with Gasteiger partial charge < -0.3 is 15.5 Å². The predicted octanol–water partition coefficient (Wildman–Crippen LogP) is 2.12. The van der Waals surface area contributed by atoms with E-state index in [1.807, 2.05) is 18.2 Å². The van der Waals surface area contributed by atoms with Gasteiger partial charge in [0, 0.05) is 29.8 Å². The maximum atomic E-state index is 11.9. The first kappa shape index (κ1) is 20.6. The molecule has 0 saturated heterocycles. The van der Waals surface area contributed by atoms with Gasteiger partial charge in [-0.15, -0.1) is 0 Å². The van der Waals surface area contributed by atoms with E-state index in [0.29, 0.717) is 37.3 Å². The van der Waals surface area contributed by atoms with E-state index in [1.54, 1.807) is 19.9 Å². The SMILES string of the molecule is CC(C)(CO)[C@@H](O)C(=O)NCCCC(=O)CCc1ccccc1Cl. The highest BCUT2D eigenvalue weighted by Crippen LogP contribution is 2.19. The number of rotatable bonds is 10. The molecule has 1 aromatic rings. The summed E-state index contributed by atoms with van der Waals surface area (Å²) in [5, 5.41) is 22.2. The normalized spacial score (nSPS) is 12.7. The number of Topliss-reactive ketones (excluding diaryl/α,β-unsaturated/α-hetero) is 1. The number of carbonyl (C=O) groups excluding carboxylic acids is 2. The molecule has 1 rings (SSSR count). The van der Waals surface area contributed by atoms with Crippen molar-refractivity contribution in [2.45, 2.75) is 45.6 Å². The molecule has 1 aromatic carbocycles. The Bertz CT molecular complexity index is 560. The molecule has 0 bridgehead atoms. The number of ketones is 1. The molecule has 0 fully saturated rings. The van der Waals surface area contributed by atoms with Crippen LogP contribution in [0.5, 0.6) is 0 Å². The summed E-state index contributed by atoms with van der Waals surface area (Å²) in [6.45, 7) is 3.24. The second kappa shape index (κ2) is 9.77. The van der Waals surface area contributed by atoms with Gasteiger partial charge in [-0.05, 0) is 24.5 Å². The van der Waals surface area contributed by atoms with Gasteiger partial charge in [0.25, 0.3) is 0 Å². The summed E-state index contributed by atoms with van der Waals surface area (Å²) >= 11 is 6.05. The van der Waals surface area contributed by atoms with E-state index < -0.39 is 17.4 Å². The summed E-state index contributed by atoms with van der Waals surface area (Å²) in [4.78, 5) is 23.6. The molecule has 0 aliphatic carbocycles. The minimum absolute atomic E-state index is 0.111. The second-order valence-electron chi connectivity index (χ2n) is 6.57. The van der Waals surface area contributed by atoms with Crippen LogP contribution in [0.4, 0.5) is 0 Å². The van der Waals surface area contributed by atoms with E-state index in [9.17, 15) is 14.7 Å². The molecule has 1 amide bonds. The third-order valence-electron chi connectivity index (χ3n) is 3.96. The lowest BCUT2D eigenvalue weighted by molar-refractivity contribution is -0.137. The Labute approximate surface area is 148 Å². The first-order valence-electron chi connectivity index (χ1n) is 8.09. The zero-order valence-electron chi connectivity index (χ0n) is 14.2. The molecular formula is C18H26ClNO4. The third kappa shape index (κ3) is 6.59. The minimum Gasteiger partial charge on any atom is -0.396 e. The Hall–Kier alpha value is -1.43. The van der Waals surface area contributed by atoms with Crippen molar-refractivity contribution in [1.29, 1.82) is 0 Å². The maximum absolute atomic E-state index is 11.9. The van der Waals surface area contributed by atoms with Crippen LogP contribution < -0.4 is 5.32 Å². The van der Waals surface area contributed by atoms with Crippen LogP contribution >= 0.6 is 11.6 Å². The van der Waals surface area contributed by atoms with Crippen molar-refractivity contribution in [2.24, 2.45) is 5.41 Å². The van der Waals surface area contributed by atoms with E-state index in [1.165, 1.54) is 0 Å². The molecule has 0 saturated carbocycles. The molecule has 24 heavy (non-hydrogen) atoms. The Balaban J connectivity index is 2.24. The van der Waals surface area contributed by atoms with Crippen molar-refractivity contribution in [1.82, 2.24) is 5.32 Å². The average molecular weight is 356 g/mol. The summed E-state index contributed by atoms with van der Waals surface area (Å²) in [5.74, 6) is -0.419. The number of carbonyl (C=O) groups is 2. The quantitative estimate of drug-likeness (QED) is 0.561. The van der Waals surface area contributed by atoms with Crippen molar-refractivity contribution < 1.29 is 19.8 Å². The Kier molecular flexibility index (Phi) is 8.39. The molecule has 0 aliphatic rings. The highest BCUT2D eigenvalue weighted by molar-refractivity contribution is 6.31. The molecule has 0 aromatic heterocycles. The molecule has 134 valence electrons. The Morgan fingerprint density at radius 1 is 1.25 bits per heavy atom. The van der Waals surface area contributed by atoms with E-state index in [2.05, 4.69) is 5.32 Å². The fraction of sp³-hybridized carbons (Fsp3) is 0.556. The van der Waals surface area contributed by atoms with Gasteiger partial charge in [0.2, 0.25) is 5.91 Å². The van der Waals surface area contributed by atoms with Gasteiger partial charge in [-0.25, -0.2) is 0 Å². The molecule has 0 unspecified atom stereocenters. The topological polar surface area (TPSA) is 86.6 Å². The summed E-state index contributed by atoms with van der Waals surface area (Å²) in [6, 6.07) is 7.44. The van der Waals surface area contributed by atoms with Gasteiger partial charge in [-0.3, -0.25) is 9.59 Å². The van der Waals surface area contributed by atoms with Crippen molar-refractivity contribution in [3.63, 3.8) is 0 Å². The fourth-order valence-electron chi connectivity index (χ4n) is 2.14. The molecule has 0 spiro atoms. The highest BCUT2D eigenvalue weighted by Gasteiger charge is 2.32. The third-order valence-corrected chi connectivity index (χ3v) is 4.33. The molecular weight excluding hydrogens is 330 g/mol. The van der Waals surface area contributed by atoms with Crippen LogP contribution in [0.3, 0.4) is 0 Å². The Morgan fingerprint density at radius 2 is 1.92 bits per heavy atom.